The Morgan fingerprint density at radius 1 is 1.50 bits per heavy atom. The Hall–Kier alpha value is -0.770. The van der Waals surface area contributed by atoms with Gasteiger partial charge in [0.1, 0.15) is 5.75 Å². The zero-order valence-electron chi connectivity index (χ0n) is 9.79. The van der Waals surface area contributed by atoms with Gasteiger partial charge in [0, 0.05) is 6.54 Å². The summed E-state index contributed by atoms with van der Waals surface area (Å²) >= 11 is 6.03. The van der Waals surface area contributed by atoms with Gasteiger partial charge < -0.3 is 15.8 Å². The number of hydrogen-bond donors (Lipinski definition) is 2. The van der Waals surface area contributed by atoms with Gasteiger partial charge in [-0.3, -0.25) is 0 Å². The monoisotopic (exact) mass is 242 g/mol. The molecule has 0 spiro atoms. The number of rotatable bonds is 6. The Morgan fingerprint density at radius 3 is 2.81 bits per heavy atom. The van der Waals surface area contributed by atoms with E-state index >= 15 is 0 Å². The van der Waals surface area contributed by atoms with E-state index < -0.39 is 0 Å². The average Bonchev–Trinajstić information content (AvgIpc) is 2.29. The molecule has 0 fully saturated rings. The molecule has 0 amide bonds. The van der Waals surface area contributed by atoms with E-state index in [4.69, 9.17) is 22.1 Å². The summed E-state index contributed by atoms with van der Waals surface area (Å²) in [6.45, 7) is 4.54. The first kappa shape index (κ1) is 13.3. The maximum atomic E-state index is 6.03. The van der Waals surface area contributed by atoms with Crippen molar-refractivity contribution in [3.63, 3.8) is 0 Å². The van der Waals surface area contributed by atoms with Crippen LogP contribution in [-0.2, 0) is 6.54 Å². The SMILES string of the molecule is COc1ccc(CNCC(C)CN)cc1Cl. The van der Waals surface area contributed by atoms with Crippen LogP contribution in [0.5, 0.6) is 5.75 Å². The van der Waals surface area contributed by atoms with Crippen LogP contribution in [0.2, 0.25) is 5.02 Å². The zero-order valence-corrected chi connectivity index (χ0v) is 10.6. The molecule has 0 aliphatic heterocycles. The van der Waals surface area contributed by atoms with E-state index in [1.807, 2.05) is 18.2 Å². The smallest absolute Gasteiger partial charge is 0.137 e. The van der Waals surface area contributed by atoms with Crippen molar-refractivity contribution in [3.8, 4) is 5.75 Å². The van der Waals surface area contributed by atoms with Crippen LogP contribution < -0.4 is 15.8 Å². The third-order valence-electron chi connectivity index (χ3n) is 2.44. The minimum atomic E-state index is 0.494. The third kappa shape index (κ3) is 4.00. The van der Waals surface area contributed by atoms with Gasteiger partial charge in [-0.15, -0.1) is 0 Å². The molecule has 90 valence electrons. The highest BCUT2D eigenvalue weighted by molar-refractivity contribution is 6.32. The summed E-state index contributed by atoms with van der Waals surface area (Å²) in [5, 5.41) is 3.98. The number of halogens is 1. The van der Waals surface area contributed by atoms with Crippen molar-refractivity contribution in [1.29, 1.82) is 0 Å². The van der Waals surface area contributed by atoms with Crippen molar-refractivity contribution in [2.75, 3.05) is 20.2 Å². The van der Waals surface area contributed by atoms with Crippen LogP contribution in [0.3, 0.4) is 0 Å². The number of methoxy groups -OCH3 is 1. The fourth-order valence-corrected chi connectivity index (χ4v) is 1.65. The topological polar surface area (TPSA) is 47.3 Å². The highest BCUT2D eigenvalue weighted by Crippen LogP contribution is 2.24. The quantitative estimate of drug-likeness (QED) is 0.803. The maximum Gasteiger partial charge on any atom is 0.137 e. The first-order valence-corrected chi connectivity index (χ1v) is 5.78. The molecule has 4 heteroatoms. The largest absolute Gasteiger partial charge is 0.495 e. The maximum absolute atomic E-state index is 6.03. The second-order valence-electron chi connectivity index (χ2n) is 3.94. The fraction of sp³-hybridized carbons (Fsp3) is 0.500. The van der Waals surface area contributed by atoms with E-state index in [1.54, 1.807) is 7.11 Å². The first-order chi connectivity index (χ1) is 7.67. The van der Waals surface area contributed by atoms with Crippen molar-refractivity contribution in [2.24, 2.45) is 11.7 Å². The fourth-order valence-electron chi connectivity index (χ4n) is 1.37. The van der Waals surface area contributed by atoms with Crippen LogP contribution in [0.4, 0.5) is 0 Å². The Balaban J connectivity index is 2.46. The molecule has 0 aromatic heterocycles. The molecule has 1 aromatic carbocycles. The lowest BCUT2D eigenvalue weighted by atomic mass is 10.1. The number of nitrogens with one attached hydrogen (secondary N) is 1. The average molecular weight is 243 g/mol. The Kier molecular flexibility index (Phi) is 5.60. The lowest BCUT2D eigenvalue weighted by molar-refractivity contribution is 0.414. The van der Waals surface area contributed by atoms with E-state index in [0.29, 0.717) is 23.2 Å². The predicted molar refractivity (Wildman–Crippen MR) is 67.9 cm³/mol. The van der Waals surface area contributed by atoms with Crippen LogP contribution in [0.25, 0.3) is 0 Å². The molecule has 0 saturated heterocycles. The van der Waals surface area contributed by atoms with Crippen molar-refractivity contribution < 1.29 is 4.74 Å². The summed E-state index contributed by atoms with van der Waals surface area (Å²) in [6.07, 6.45) is 0. The van der Waals surface area contributed by atoms with Crippen molar-refractivity contribution in [3.05, 3.63) is 28.8 Å². The second kappa shape index (κ2) is 6.74. The lowest BCUT2D eigenvalue weighted by Crippen LogP contribution is -2.25. The van der Waals surface area contributed by atoms with Crippen molar-refractivity contribution in [1.82, 2.24) is 5.32 Å². The van der Waals surface area contributed by atoms with E-state index in [1.165, 1.54) is 0 Å². The summed E-state index contributed by atoms with van der Waals surface area (Å²) in [5.41, 5.74) is 6.68. The summed E-state index contributed by atoms with van der Waals surface area (Å²) in [5.74, 6) is 1.20. The van der Waals surface area contributed by atoms with Crippen LogP contribution in [0, 0.1) is 5.92 Å². The molecule has 0 heterocycles. The van der Waals surface area contributed by atoms with Crippen LogP contribution >= 0.6 is 11.6 Å². The van der Waals surface area contributed by atoms with Gasteiger partial charge in [0.25, 0.3) is 0 Å². The second-order valence-corrected chi connectivity index (χ2v) is 4.35. The normalized spacial score (nSPS) is 12.5. The van der Waals surface area contributed by atoms with E-state index in [9.17, 15) is 0 Å². The first-order valence-electron chi connectivity index (χ1n) is 5.40. The molecule has 0 radical (unpaired) electrons. The van der Waals surface area contributed by atoms with Gasteiger partial charge in [0.05, 0.1) is 12.1 Å². The molecular formula is C12H19ClN2O. The van der Waals surface area contributed by atoms with Crippen molar-refractivity contribution >= 4 is 11.6 Å². The van der Waals surface area contributed by atoms with Gasteiger partial charge in [-0.25, -0.2) is 0 Å². The summed E-state index contributed by atoms with van der Waals surface area (Å²) in [6, 6.07) is 5.80. The molecule has 16 heavy (non-hydrogen) atoms. The summed E-state index contributed by atoms with van der Waals surface area (Å²) in [4.78, 5) is 0. The van der Waals surface area contributed by atoms with E-state index in [2.05, 4.69) is 12.2 Å². The molecule has 0 bridgehead atoms. The molecule has 1 unspecified atom stereocenters. The summed E-state index contributed by atoms with van der Waals surface area (Å²) < 4.78 is 5.09. The van der Waals surface area contributed by atoms with Gasteiger partial charge in [-0.1, -0.05) is 24.6 Å². The highest BCUT2D eigenvalue weighted by atomic mass is 35.5. The van der Waals surface area contributed by atoms with Crippen LogP contribution in [0.15, 0.2) is 18.2 Å². The number of hydrogen-bond acceptors (Lipinski definition) is 3. The highest BCUT2D eigenvalue weighted by Gasteiger charge is 2.02. The molecule has 1 rings (SSSR count). The minimum absolute atomic E-state index is 0.494. The van der Waals surface area contributed by atoms with Gasteiger partial charge in [-0.2, -0.15) is 0 Å². The van der Waals surface area contributed by atoms with Crippen molar-refractivity contribution in [2.45, 2.75) is 13.5 Å². The Morgan fingerprint density at radius 2 is 2.25 bits per heavy atom. The molecule has 3 nitrogen and oxygen atoms in total. The standard InChI is InChI=1S/C12H19ClN2O/c1-9(6-14)7-15-8-10-3-4-12(16-2)11(13)5-10/h3-5,9,15H,6-8,14H2,1-2H3. The van der Waals surface area contributed by atoms with Gasteiger partial charge >= 0.3 is 0 Å². The predicted octanol–water partition coefficient (Wildman–Crippen LogP) is 2.03. The number of ether oxygens (including phenoxy) is 1. The molecule has 0 aliphatic carbocycles. The molecule has 0 aliphatic rings. The van der Waals surface area contributed by atoms with E-state index in [0.717, 1.165) is 18.7 Å². The molecule has 1 aromatic rings. The Labute approximate surface area is 102 Å². The summed E-state index contributed by atoms with van der Waals surface area (Å²) in [7, 11) is 1.61. The molecular weight excluding hydrogens is 224 g/mol. The number of benzene rings is 1. The molecule has 0 saturated carbocycles. The third-order valence-corrected chi connectivity index (χ3v) is 2.74. The van der Waals surface area contributed by atoms with Gasteiger partial charge in [-0.05, 0) is 36.7 Å². The minimum Gasteiger partial charge on any atom is -0.495 e. The zero-order chi connectivity index (χ0) is 12.0. The molecule has 1 atom stereocenters. The lowest BCUT2D eigenvalue weighted by Gasteiger charge is -2.11. The number of nitrogens with two attached hydrogens (primary N) is 1. The van der Waals surface area contributed by atoms with Crippen LogP contribution in [0.1, 0.15) is 12.5 Å². The van der Waals surface area contributed by atoms with Gasteiger partial charge in [0.2, 0.25) is 0 Å². The molecule has 3 N–H and O–H groups in total. The Bertz CT molecular complexity index is 331. The van der Waals surface area contributed by atoms with E-state index in [-0.39, 0.29) is 0 Å². The van der Waals surface area contributed by atoms with Crippen LogP contribution in [-0.4, -0.2) is 20.2 Å². The van der Waals surface area contributed by atoms with Gasteiger partial charge in [0.15, 0.2) is 0 Å².